The summed E-state index contributed by atoms with van der Waals surface area (Å²) in [6.45, 7) is 2.01. The standard InChI is InChI=1S/C11H16N2O2/c12-11(14)15-8-4-7-13-9-10-5-2-1-3-6-10/h1-3,5-6,13H,4,7-9H2,(H2,12,14). The van der Waals surface area contributed by atoms with Crippen molar-refractivity contribution in [2.75, 3.05) is 13.2 Å². The highest BCUT2D eigenvalue weighted by Crippen LogP contribution is 1.96. The van der Waals surface area contributed by atoms with Gasteiger partial charge in [-0.25, -0.2) is 4.79 Å². The van der Waals surface area contributed by atoms with E-state index in [1.54, 1.807) is 0 Å². The van der Waals surface area contributed by atoms with Crippen LogP contribution in [-0.2, 0) is 11.3 Å². The normalized spacial score (nSPS) is 9.87. The number of carbonyl (C=O) groups excluding carboxylic acids is 1. The molecule has 0 aliphatic heterocycles. The number of nitrogens with one attached hydrogen (secondary N) is 1. The van der Waals surface area contributed by atoms with Crippen molar-refractivity contribution >= 4 is 6.09 Å². The predicted molar refractivity (Wildman–Crippen MR) is 58.3 cm³/mol. The Balaban J connectivity index is 2.00. The molecular weight excluding hydrogens is 192 g/mol. The van der Waals surface area contributed by atoms with Crippen LogP contribution in [0.1, 0.15) is 12.0 Å². The molecule has 1 amide bonds. The zero-order valence-corrected chi connectivity index (χ0v) is 8.61. The molecule has 0 saturated carbocycles. The fourth-order valence-corrected chi connectivity index (χ4v) is 1.20. The van der Waals surface area contributed by atoms with Gasteiger partial charge < -0.3 is 15.8 Å². The molecule has 0 heterocycles. The summed E-state index contributed by atoms with van der Waals surface area (Å²) in [4.78, 5) is 10.2. The van der Waals surface area contributed by atoms with Crippen molar-refractivity contribution in [2.24, 2.45) is 5.73 Å². The van der Waals surface area contributed by atoms with Crippen molar-refractivity contribution in [2.45, 2.75) is 13.0 Å². The van der Waals surface area contributed by atoms with Crippen LogP contribution in [-0.4, -0.2) is 19.2 Å². The molecule has 15 heavy (non-hydrogen) atoms. The number of carbonyl (C=O) groups is 1. The Morgan fingerprint density at radius 3 is 2.73 bits per heavy atom. The van der Waals surface area contributed by atoms with E-state index < -0.39 is 6.09 Å². The lowest BCUT2D eigenvalue weighted by atomic mass is 10.2. The number of hydrogen-bond donors (Lipinski definition) is 2. The van der Waals surface area contributed by atoms with Crippen LogP contribution in [0.5, 0.6) is 0 Å². The lowest BCUT2D eigenvalue weighted by Gasteiger charge is -2.04. The second-order valence-corrected chi connectivity index (χ2v) is 3.18. The van der Waals surface area contributed by atoms with Crippen molar-refractivity contribution in [3.8, 4) is 0 Å². The molecule has 1 aromatic carbocycles. The van der Waals surface area contributed by atoms with Crippen LogP contribution in [0.3, 0.4) is 0 Å². The Hall–Kier alpha value is -1.55. The summed E-state index contributed by atoms with van der Waals surface area (Å²) in [5.41, 5.74) is 6.06. The third kappa shape index (κ3) is 5.70. The largest absolute Gasteiger partial charge is 0.450 e. The molecule has 0 bridgehead atoms. The lowest BCUT2D eigenvalue weighted by Crippen LogP contribution is -2.19. The summed E-state index contributed by atoms with van der Waals surface area (Å²) >= 11 is 0. The minimum atomic E-state index is -0.710. The smallest absolute Gasteiger partial charge is 0.404 e. The maximum absolute atomic E-state index is 10.2. The Labute approximate surface area is 89.4 Å². The van der Waals surface area contributed by atoms with Gasteiger partial charge in [0.15, 0.2) is 0 Å². The zero-order chi connectivity index (χ0) is 10.9. The monoisotopic (exact) mass is 208 g/mol. The summed E-state index contributed by atoms with van der Waals surface area (Å²) in [5, 5.41) is 3.24. The van der Waals surface area contributed by atoms with Crippen molar-refractivity contribution in [1.82, 2.24) is 5.32 Å². The van der Waals surface area contributed by atoms with Gasteiger partial charge in [-0.2, -0.15) is 0 Å². The molecule has 1 aromatic rings. The molecule has 0 atom stereocenters. The van der Waals surface area contributed by atoms with Crippen LogP contribution >= 0.6 is 0 Å². The maximum Gasteiger partial charge on any atom is 0.404 e. The molecular formula is C11H16N2O2. The molecule has 0 aliphatic carbocycles. The van der Waals surface area contributed by atoms with Crippen LogP contribution in [0.15, 0.2) is 30.3 Å². The second kappa shape index (κ2) is 6.84. The summed E-state index contributed by atoms with van der Waals surface area (Å²) in [6, 6.07) is 10.1. The third-order valence-electron chi connectivity index (χ3n) is 1.91. The Bertz CT molecular complexity index is 288. The van der Waals surface area contributed by atoms with E-state index in [-0.39, 0.29) is 0 Å². The molecule has 4 nitrogen and oxygen atoms in total. The van der Waals surface area contributed by atoms with Gasteiger partial charge in [0.25, 0.3) is 0 Å². The minimum Gasteiger partial charge on any atom is -0.450 e. The van der Waals surface area contributed by atoms with Crippen LogP contribution in [0, 0.1) is 0 Å². The minimum absolute atomic E-state index is 0.372. The van der Waals surface area contributed by atoms with Gasteiger partial charge in [-0.05, 0) is 18.5 Å². The third-order valence-corrected chi connectivity index (χ3v) is 1.91. The summed E-state index contributed by atoms with van der Waals surface area (Å²) in [7, 11) is 0. The number of primary amides is 1. The molecule has 0 saturated heterocycles. The van der Waals surface area contributed by atoms with Gasteiger partial charge in [0, 0.05) is 6.54 Å². The molecule has 4 heteroatoms. The molecule has 1 rings (SSSR count). The Morgan fingerprint density at radius 1 is 1.33 bits per heavy atom. The summed E-state index contributed by atoms with van der Waals surface area (Å²) < 4.78 is 4.59. The van der Waals surface area contributed by atoms with E-state index in [0.29, 0.717) is 6.61 Å². The van der Waals surface area contributed by atoms with E-state index in [1.807, 2.05) is 18.2 Å². The summed E-state index contributed by atoms with van der Waals surface area (Å²) in [6.07, 6.45) is 0.0635. The first-order valence-electron chi connectivity index (χ1n) is 4.96. The fraction of sp³-hybridized carbons (Fsp3) is 0.364. The predicted octanol–water partition coefficient (Wildman–Crippen LogP) is 1.26. The summed E-state index contributed by atoms with van der Waals surface area (Å²) in [5.74, 6) is 0. The van der Waals surface area contributed by atoms with Gasteiger partial charge in [0.05, 0.1) is 6.61 Å². The molecule has 0 spiro atoms. The average Bonchev–Trinajstić information content (AvgIpc) is 2.24. The van der Waals surface area contributed by atoms with Gasteiger partial charge in [-0.15, -0.1) is 0 Å². The molecule has 0 unspecified atom stereocenters. The number of nitrogens with two attached hydrogens (primary N) is 1. The van der Waals surface area contributed by atoms with Crippen molar-refractivity contribution in [3.05, 3.63) is 35.9 Å². The van der Waals surface area contributed by atoms with Crippen molar-refractivity contribution in [1.29, 1.82) is 0 Å². The number of ether oxygens (including phenoxy) is 1. The first-order chi connectivity index (χ1) is 7.29. The van der Waals surface area contributed by atoms with Crippen molar-refractivity contribution in [3.63, 3.8) is 0 Å². The van der Waals surface area contributed by atoms with Crippen molar-refractivity contribution < 1.29 is 9.53 Å². The molecule has 0 fully saturated rings. The molecule has 3 N–H and O–H groups in total. The molecule has 82 valence electrons. The highest BCUT2D eigenvalue weighted by molar-refractivity contribution is 5.64. The van der Waals surface area contributed by atoms with E-state index in [9.17, 15) is 4.79 Å². The lowest BCUT2D eigenvalue weighted by molar-refractivity contribution is 0.155. The van der Waals surface area contributed by atoms with E-state index in [0.717, 1.165) is 19.5 Å². The van der Waals surface area contributed by atoms with E-state index in [2.05, 4.69) is 22.2 Å². The van der Waals surface area contributed by atoms with Gasteiger partial charge >= 0.3 is 6.09 Å². The number of benzene rings is 1. The first kappa shape index (κ1) is 11.5. The van der Waals surface area contributed by atoms with E-state index in [4.69, 9.17) is 5.73 Å². The van der Waals surface area contributed by atoms with E-state index in [1.165, 1.54) is 5.56 Å². The highest BCUT2D eigenvalue weighted by Gasteiger charge is 1.93. The van der Waals surface area contributed by atoms with Crippen LogP contribution in [0.4, 0.5) is 4.79 Å². The topological polar surface area (TPSA) is 64.4 Å². The Morgan fingerprint density at radius 2 is 2.07 bits per heavy atom. The van der Waals surface area contributed by atoms with Gasteiger partial charge in [-0.1, -0.05) is 30.3 Å². The fourth-order valence-electron chi connectivity index (χ4n) is 1.20. The number of amides is 1. The van der Waals surface area contributed by atoms with Gasteiger partial charge in [0.2, 0.25) is 0 Å². The van der Waals surface area contributed by atoms with Gasteiger partial charge in [0.1, 0.15) is 0 Å². The van der Waals surface area contributed by atoms with Crippen LogP contribution < -0.4 is 11.1 Å². The quantitative estimate of drug-likeness (QED) is 0.692. The average molecular weight is 208 g/mol. The molecule has 0 aliphatic rings. The van der Waals surface area contributed by atoms with E-state index >= 15 is 0 Å². The Kier molecular flexibility index (Phi) is 5.25. The first-order valence-corrected chi connectivity index (χ1v) is 4.96. The maximum atomic E-state index is 10.2. The zero-order valence-electron chi connectivity index (χ0n) is 8.61. The van der Waals surface area contributed by atoms with Crippen LogP contribution in [0.2, 0.25) is 0 Å². The van der Waals surface area contributed by atoms with Gasteiger partial charge in [-0.3, -0.25) is 0 Å². The highest BCUT2D eigenvalue weighted by atomic mass is 16.5. The SMILES string of the molecule is NC(=O)OCCCNCc1ccccc1. The van der Waals surface area contributed by atoms with Crippen LogP contribution in [0.25, 0.3) is 0 Å². The number of rotatable bonds is 6. The second-order valence-electron chi connectivity index (χ2n) is 3.18. The molecule has 0 radical (unpaired) electrons. The molecule has 0 aromatic heterocycles. The number of hydrogen-bond acceptors (Lipinski definition) is 3.